The Kier molecular flexibility index (Phi) is 5.17. The zero-order valence-electron chi connectivity index (χ0n) is 12.8. The van der Waals surface area contributed by atoms with Crippen LogP contribution in [-0.2, 0) is 6.61 Å². The second kappa shape index (κ2) is 7.09. The second-order valence-electron chi connectivity index (χ2n) is 4.98. The largest absolute Gasteiger partial charge is 0.497 e. The maximum absolute atomic E-state index is 6.12. The molecule has 0 aliphatic heterocycles. The van der Waals surface area contributed by atoms with Gasteiger partial charge in [0.2, 0.25) is 0 Å². The summed E-state index contributed by atoms with van der Waals surface area (Å²) in [7, 11) is 1.65. The molecule has 112 valence electrons. The van der Waals surface area contributed by atoms with E-state index in [1.807, 2.05) is 43.3 Å². The highest BCUT2D eigenvalue weighted by molar-refractivity contribution is 5.36. The molecule has 2 N–H and O–H groups in total. The normalized spacial score (nSPS) is 12.0. The molecule has 1 unspecified atom stereocenters. The van der Waals surface area contributed by atoms with Crippen LogP contribution in [0.1, 0.15) is 36.3 Å². The minimum atomic E-state index is -0.0128. The third-order valence-electron chi connectivity index (χ3n) is 3.35. The van der Waals surface area contributed by atoms with Gasteiger partial charge in [0.05, 0.1) is 12.8 Å². The van der Waals surface area contributed by atoms with Gasteiger partial charge in [-0.2, -0.15) is 0 Å². The van der Waals surface area contributed by atoms with E-state index in [0.29, 0.717) is 6.61 Å². The van der Waals surface area contributed by atoms with Crippen molar-refractivity contribution in [3.63, 3.8) is 0 Å². The number of hydrogen-bond acceptors (Lipinski definition) is 4. The molecule has 21 heavy (non-hydrogen) atoms. The topological polar surface area (TPSA) is 57.4 Å². The SMILES string of the molecule is CCC(N)c1ccccc1OCc1cc(OC)cc(C)n1. The summed E-state index contributed by atoms with van der Waals surface area (Å²) >= 11 is 0. The molecule has 4 heteroatoms. The number of benzene rings is 1. The summed E-state index contributed by atoms with van der Waals surface area (Å²) in [5.74, 6) is 1.61. The van der Waals surface area contributed by atoms with Crippen LogP contribution in [0.3, 0.4) is 0 Å². The van der Waals surface area contributed by atoms with Crippen molar-refractivity contribution in [2.45, 2.75) is 32.9 Å². The summed E-state index contributed by atoms with van der Waals surface area (Å²) in [4.78, 5) is 4.46. The van der Waals surface area contributed by atoms with Gasteiger partial charge in [-0.3, -0.25) is 4.98 Å². The highest BCUT2D eigenvalue weighted by atomic mass is 16.5. The van der Waals surface area contributed by atoms with Gasteiger partial charge in [0, 0.05) is 29.4 Å². The Hall–Kier alpha value is -2.07. The van der Waals surface area contributed by atoms with Crippen molar-refractivity contribution in [1.82, 2.24) is 4.98 Å². The van der Waals surface area contributed by atoms with E-state index in [2.05, 4.69) is 11.9 Å². The van der Waals surface area contributed by atoms with Crippen molar-refractivity contribution in [2.24, 2.45) is 5.73 Å². The van der Waals surface area contributed by atoms with E-state index in [0.717, 1.165) is 34.9 Å². The Labute approximate surface area is 125 Å². The smallest absolute Gasteiger partial charge is 0.130 e. The van der Waals surface area contributed by atoms with Gasteiger partial charge in [-0.1, -0.05) is 25.1 Å². The van der Waals surface area contributed by atoms with Crippen LogP contribution in [-0.4, -0.2) is 12.1 Å². The molecular weight excluding hydrogens is 264 g/mol. The second-order valence-corrected chi connectivity index (χ2v) is 4.98. The number of nitrogens with zero attached hydrogens (tertiary/aromatic N) is 1. The molecule has 0 saturated heterocycles. The lowest BCUT2D eigenvalue weighted by molar-refractivity contribution is 0.294. The highest BCUT2D eigenvalue weighted by Crippen LogP contribution is 2.26. The molecule has 0 amide bonds. The summed E-state index contributed by atoms with van der Waals surface area (Å²) in [6, 6.07) is 11.6. The summed E-state index contributed by atoms with van der Waals surface area (Å²) in [6.45, 7) is 4.40. The number of rotatable bonds is 6. The Morgan fingerprint density at radius 3 is 2.71 bits per heavy atom. The highest BCUT2D eigenvalue weighted by Gasteiger charge is 2.10. The molecule has 0 radical (unpaired) electrons. The lowest BCUT2D eigenvalue weighted by Crippen LogP contribution is -2.11. The van der Waals surface area contributed by atoms with Gasteiger partial charge >= 0.3 is 0 Å². The molecule has 2 aromatic rings. The number of para-hydroxylation sites is 1. The molecule has 1 aromatic heterocycles. The van der Waals surface area contributed by atoms with Crippen molar-refractivity contribution in [1.29, 1.82) is 0 Å². The zero-order chi connectivity index (χ0) is 15.2. The van der Waals surface area contributed by atoms with Crippen molar-refractivity contribution in [3.05, 3.63) is 53.3 Å². The fourth-order valence-corrected chi connectivity index (χ4v) is 2.18. The monoisotopic (exact) mass is 286 g/mol. The first-order valence-corrected chi connectivity index (χ1v) is 7.13. The lowest BCUT2D eigenvalue weighted by Gasteiger charge is -2.15. The predicted molar refractivity (Wildman–Crippen MR) is 83.5 cm³/mol. The molecule has 0 spiro atoms. The molecule has 0 saturated carbocycles. The van der Waals surface area contributed by atoms with Crippen molar-refractivity contribution < 1.29 is 9.47 Å². The van der Waals surface area contributed by atoms with Gasteiger partial charge in [0.1, 0.15) is 18.1 Å². The third kappa shape index (κ3) is 3.95. The van der Waals surface area contributed by atoms with Crippen LogP contribution < -0.4 is 15.2 Å². The quantitative estimate of drug-likeness (QED) is 0.884. The molecule has 0 fully saturated rings. The fourth-order valence-electron chi connectivity index (χ4n) is 2.18. The number of methoxy groups -OCH3 is 1. The molecule has 0 aliphatic rings. The summed E-state index contributed by atoms with van der Waals surface area (Å²) < 4.78 is 11.2. The molecule has 2 rings (SSSR count). The fraction of sp³-hybridized carbons (Fsp3) is 0.353. The summed E-state index contributed by atoms with van der Waals surface area (Å²) in [5.41, 5.74) is 8.89. The van der Waals surface area contributed by atoms with Crippen LogP contribution in [0.5, 0.6) is 11.5 Å². The van der Waals surface area contributed by atoms with Gasteiger partial charge < -0.3 is 15.2 Å². The zero-order valence-corrected chi connectivity index (χ0v) is 12.8. The predicted octanol–water partition coefficient (Wildman–Crippen LogP) is 3.39. The van der Waals surface area contributed by atoms with Crippen molar-refractivity contribution in [3.8, 4) is 11.5 Å². The Morgan fingerprint density at radius 2 is 2.00 bits per heavy atom. The standard InChI is InChI=1S/C17H22N2O2/c1-4-16(18)15-7-5-6-8-17(15)21-11-13-10-14(20-3)9-12(2)19-13/h5-10,16H,4,11,18H2,1-3H3. The number of aromatic nitrogens is 1. The van der Waals surface area contributed by atoms with Crippen LogP contribution >= 0.6 is 0 Å². The Morgan fingerprint density at radius 1 is 1.24 bits per heavy atom. The molecule has 1 heterocycles. The van der Waals surface area contributed by atoms with Gasteiger partial charge in [-0.05, 0) is 19.4 Å². The number of hydrogen-bond donors (Lipinski definition) is 1. The maximum atomic E-state index is 6.12. The number of pyridine rings is 1. The minimum absolute atomic E-state index is 0.0128. The van der Waals surface area contributed by atoms with Gasteiger partial charge in [-0.15, -0.1) is 0 Å². The van der Waals surface area contributed by atoms with Crippen LogP contribution in [0, 0.1) is 6.92 Å². The molecule has 1 atom stereocenters. The van der Waals surface area contributed by atoms with E-state index in [1.54, 1.807) is 7.11 Å². The Balaban J connectivity index is 2.15. The third-order valence-corrected chi connectivity index (χ3v) is 3.35. The first kappa shape index (κ1) is 15.3. The van der Waals surface area contributed by atoms with Crippen LogP contribution in [0.25, 0.3) is 0 Å². The molecule has 1 aromatic carbocycles. The van der Waals surface area contributed by atoms with E-state index < -0.39 is 0 Å². The minimum Gasteiger partial charge on any atom is -0.497 e. The van der Waals surface area contributed by atoms with E-state index in [1.165, 1.54) is 0 Å². The van der Waals surface area contributed by atoms with E-state index >= 15 is 0 Å². The van der Waals surface area contributed by atoms with E-state index in [9.17, 15) is 0 Å². The molecule has 4 nitrogen and oxygen atoms in total. The lowest BCUT2D eigenvalue weighted by atomic mass is 10.0. The summed E-state index contributed by atoms with van der Waals surface area (Å²) in [5, 5.41) is 0. The molecule has 0 aliphatic carbocycles. The average molecular weight is 286 g/mol. The van der Waals surface area contributed by atoms with Crippen molar-refractivity contribution >= 4 is 0 Å². The van der Waals surface area contributed by atoms with E-state index in [4.69, 9.17) is 15.2 Å². The van der Waals surface area contributed by atoms with Crippen LogP contribution in [0.15, 0.2) is 36.4 Å². The average Bonchev–Trinajstić information content (AvgIpc) is 2.51. The van der Waals surface area contributed by atoms with Crippen molar-refractivity contribution in [2.75, 3.05) is 7.11 Å². The first-order valence-electron chi connectivity index (χ1n) is 7.13. The van der Waals surface area contributed by atoms with Gasteiger partial charge in [-0.25, -0.2) is 0 Å². The molecule has 0 bridgehead atoms. The van der Waals surface area contributed by atoms with E-state index in [-0.39, 0.29) is 6.04 Å². The van der Waals surface area contributed by atoms with Gasteiger partial charge in [0.25, 0.3) is 0 Å². The number of ether oxygens (including phenoxy) is 2. The summed E-state index contributed by atoms with van der Waals surface area (Å²) in [6.07, 6.45) is 0.872. The van der Waals surface area contributed by atoms with Gasteiger partial charge in [0.15, 0.2) is 0 Å². The molecular formula is C17H22N2O2. The Bertz CT molecular complexity index is 599. The van der Waals surface area contributed by atoms with Crippen LogP contribution in [0.2, 0.25) is 0 Å². The number of nitrogens with two attached hydrogens (primary N) is 1. The van der Waals surface area contributed by atoms with Crippen LogP contribution in [0.4, 0.5) is 0 Å². The maximum Gasteiger partial charge on any atom is 0.130 e. The number of aryl methyl sites for hydroxylation is 1. The first-order chi connectivity index (χ1) is 10.1.